The molecule has 24 heavy (non-hydrogen) atoms. The number of thiophene rings is 1. The van der Waals surface area contributed by atoms with Gasteiger partial charge in [0.2, 0.25) is 11.7 Å². The molecule has 1 N–H and O–H groups in total. The molecule has 0 saturated carbocycles. The fourth-order valence-corrected chi connectivity index (χ4v) is 4.04. The average Bonchev–Trinajstić information content (AvgIpc) is 3.34. The summed E-state index contributed by atoms with van der Waals surface area (Å²) in [6, 6.07) is 12.8. The van der Waals surface area contributed by atoms with Gasteiger partial charge in [-0.1, -0.05) is 35.5 Å². The van der Waals surface area contributed by atoms with E-state index >= 15 is 0 Å². The Kier molecular flexibility index (Phi) is 4.42. The molecule has 0 radical (unpaired) electrons. The number of aliphatic hydroxyl groups is 1. The van der Waals surface area contributed by atoms with E-state index in [0.29, 0.717) is 30.8 Å². The Balaban J connectivity index is 1.54. The van der Waals surface area contributed by atoms with E-state index in [1.54, 1.807) is 11.3 Å². The van der Waals surface area contributed by atoms with Gasteiger partial charge in [0.25, 0.3) is 0 Å². The number of aliphatic hydroxyl groups excluding tert-OH is 1. The first-order chi connectivity index (χ1) is 11.8. The van der Waals surface area contributed by atoms with Crippen molar-refractivity contribution in [1.82, 2.24) is 15.0 Å². The summed E-state index contributed by atoms with van der Waals surface area (Å²) in [5.41, 5.74) is 2.75. The van der Waals surface area contributed by atoms with Gasteiger partial charge in [0.1, 0.15) is 0 Å². The molecule has 4 rings (SSSR count). The van der Waals surface area contributed by atoms with Crippen molar-refractivity contribution in [2.24, 2.45) is 0 Å². The minimum absolute atomic E-state index is 0.116. The second-order valence-corrected chi connectivity index (χ2v) is 6.88. The summed E-state index contributed by atoms with van der Waals surface area (Å²) in [6.07, 6.45) is 2.14. The summed E-state index contributed by atoms with van der Waals surface area (Å²) < 4.78 is 5.44. The smallest absolute Gasteiger partial charge is 0.241 e. The summed E-state index contributed by atoms with van der Waals surface area (Å²) in [6.45, 7) is 1.26. The lowest BCUT2D eigenvalue weighted by Gasteiger charge is -2.27. The van der Waals surface area contributed by atoms with E-state index < -0.39 is 0 Å². The number of rotatable bonds is 6. The van der Waals surface area contributed by atoms with Crippen LogP contribution in [-0.2, 0) is 13.0 Å². The minimum atomic E-state index is 0.116. The van der Waals surface area contributed by atoms with Crippen LogP contribution in [0.1, 0.15) is 29.5 Å². The molecule has 1 aromatic carbocycles. The Hall–Kier alpha value is -2.02. The van der Waals surface area contributed by atoms with Crippen LogP contribution >= 0.6 is 11.3 Å². The first kappa shape index (κ1) is 15.5. The summed E-state index contributed by atoms with van der Waals surface area (Å²) >= 11 is 1.60. The van der Waals surface area contributed by atoms with Crippen molar-refractivity contribution in [3.63, 3.8) is 0 Å². The molecule has 0 amide bonds. The molecular weight excluding hydrogens is 322 g/mol. The molecular formula is C18H19N3O2S. The highest BCUT2D eigenvalue weighted by Gasteiger charge is 2.28. The van der Waals surface area contributed by atoms with Crippen LogP contribution in [-0.4, -0.2) is 33.3 Å². The van der Waals surface area contributed by atoms with E-state index in [-0.39, 0.29) is 6.61 Å². The van der Waals surface area contributed by atoms with Crippen molar-refractivity contribution in [3.05, 3.63) is 58.8 Å². The van der Waals surface area contributed by atoms with Gasteiger partial charge in [-0.2, -0.15) is 4.98 Å². The van der Waals surface area contributed by atoms with Gasteiger partial charge < -0.3 is 9.63 Å². The van der Waals surface area contributed by atoms with E-state index in [9.17, 15) is 5.11 Å². The van der Waals surface area contributed by atoms with E-state index in [0.717, 1.165) is 17.7 Å². The van der Waals surface area contributed by atoms with Crippen LogP contribution in [0, 0.1) is 0 Å². The molecule has 0 unspecified atom stereocenters. The molecule has 0 aliphatic heterocycles. The Bertz CT molecular complexity index is 800. The highest BCUT2D eigenvalue weighted by atomic mass is 32.1. The largest absolute Gasteiger partial charge is 0.395 e. The Morgan fingerprint density at radius 3 is 3.00 bits per heavy atom. The fraction of sp³-hybridized carbons (Fsp3) is 0.333. The van der Waals surface area contributed by atoms with Gasteiger partial charge in [-0.15, -0.1) is 11.3 Å². The predicted octanol–water partition coefficient (Wildman–Crippen LogP) is 3.28. The molecule has 124 valence electrons. The normalized spacial score (nSPS) is 16.7. The Morgan fingerprint density at radius 2 is 2.17 bits per heavy atom. The predicted molar refractivity (Wildman–Crippen MR) is 92.6 cm³/mol. The van der Waals surface area contributed by atoms with Crippen LogP contribution < -0.4 is 0 Å². The van der Waals surface area contributed by atoms with Crippen molar-refractivity contribution in [3.8, 4) is 10.7 Å². The molecule has 1 aliphatic rings. The zero-order chi connectivity index (χ0) is 16.4. The molecule has 0 fully saturated rings. The zero-order valence-corrected chi connectivity index (χ0v) is 14.1. The number of fused-ring (bicyclic) bond motifs is 1. The van der Waals surface area contributed by atoms with E-state index in [1.807, 2.05) is 17.5 Å². The second kappa shape index (κ2) is 6.84. The van der Waals surface area contributed by atoms with Crippen molar-refractivity contribution >= 4 is 11.3 Å². The monoisotopic (exact) mass is 341 g/mol. The van der Waals surface area contributed by atoms with Gasteiger partial charge >= 0.3 is 0 Å². The van der Waals surface area contributed by atoms with Gasteiger partial charge in [0, 0.05) is 12.6 Å². The number of aromatic nitrogens is 2. The maximum atomic E-state index is 9.47. The second-order valence-electron chi connectivity index (χ2n) is 5.94. The van der Waals surface area contributed by atoms with Crippen LogP contribution in [0.3, 0.4) is 0 Å². The van der Waals surface area contributed by atoms with Crippen LogP contribution in [0.5, 0.6) is 0 Å². The first-order valence-corrected chi connectivity index (χ1v) is 9.02. The van der Waals surface area contributed by atoms with Gasteiger partial charge in [-0.3, -0.25) is 4.90 Å². The van der Waals surface area contributed by atoms with Crippen molar-refractivity contribution in [2.75, 3.05) is 13.2 Å². The third-order valence-corrected chi connectivity index (χ3v) is 5.34. The maximum Gasteiger partial charge on any atom is 0.241 e. The van der Waals surface area contributed by atoms with Crippen LogP contribution in [0.2, 0.25) is 0 Å². The van der Waals surface area contributed by atoms with Gasteiger partial charge in [-0.25, -0.2) is 0 Å². The standard InChI is InChI=1S/C18H19N3O2S/c22-10-9-21(15-8-7-13-4-1-2-5-14(13)15)12-17-19-18(20-23-17)16-6-3-11-24-16/h1-6,11,15,22H,7-10,12H2/t15-/m0/s1. The topological polar surface area (TPSA) is 62.4 Å². The Labute approximate surface area is 144 Å². The molecule has 0 spiro atoms. The van der Waals surface area contributed by atoms with Crippen LogP contribution in [0.4, 0.5) is 0 Å². The molecule has 0 bridgehead atoms. The third-order valence-electron chi connectivity index (χ3n) is 4.48. The lowest BCUT2D eigenvalue weighted by molar-refractivity contribution is 0.128. The van der Waals surface area contributed by atoms with Crippen LogP contribution in [0.15, 0.2) is 46.3 Å². The molecule has 1 atom stereocenters. The minimum Gasteiger partial charge on any atom is -0.395 e. The summed E-state index contributed by atoms with van der Waals surface area (Å²) in [7, 11) is 0. The number of hydrogen-bond acceptors (Lipinski definition) is 6. The first-order valence-electron chi connectivity index (χ1n) is 8.14. The van der Waals surface area contributed by atoms with Crippen molar-refractivity contribution in [1.29, 1.82) is 0 Å². The van der Waals surface area contributed by atoms with Gasteiger partial charge in [0.15, 0.2) is 0 Å². The number of aryl methyl sites for hydroxylation is 1. The fourth-order valence-electron chi connectivity index (χ4n) is 3.39. The zero-order valence-electron chi connectivity index (χ0n) is 13.3. The molecule has 5 nitrogen and oxygen atoms in total. The van der Waals surface area contributed by atoms with E-state index in [2.05, 4.69) is 39.3 Å². The number of nitrogens with zero attached hydrogens (tertiary/aromatic N) is 3. The number of hydrogen-bond donors (Lipinski definition) is 1. The maximum absolute atomic E-state index is 9.47. The Morgan fingerprint density at radius 1 is 1.25 bits per heavy atom. The quantitative estimate of drug-likeness (QED) is 0.745. The van der Waals surface area contributed by atoms with Gasteiger partial charge in [0.05, 0.1) is 18.0 Å². The SMILES string of the molecule is OCCN(Cc1nc(-c2cccs2)no1)[C@H]1CCc2ccccc21. The van der Waals surface area contributed by atoms with E-state index in [1.165, 1.54) is 11.1 Å². The highest BCUT2D eigenvalue weighted by Crippen LogP contribution is 2.36. The summed E-state index contributed by atoms with van der Waals surface area (Å²) in [5.74, 6) is 1.23. The molecule has 0 saturated heterocycles. The molecule has 3 aromatic rings. The molecule has 2 aromatic heterocycles. The lowest BCUT2D eigenvalue weighted by Crippen LogP contribution is -2.30. The lowest BCUT2D eigenvalue weighted by atomic mass is 10.1. The van der Waals surface area contributed by atoms with Crippen molar-refractivity contribution in [2.45, 2.75) is 25.4 Å². The summed E-state index contributed by atoms with van der Waals surface area (Å²) in [4.78, 5) is 7.75. The van der Waals surface area contributed by atoms with Crippen molar-refractivity contribution < 1.29 is 9.63 Å². The number of benzene rings is 1. The molecule has 1 aliphatic carbocycles. The third kappa shape index (κ3) is 3.00. The average molecular weight is 341 g/mol. The van der Waals surface area contributed by atoms with Crippen LogP contribution in [0.25, 0.3) is 10.7 Å². The molecule has 2 heterocycles. The molecule has 6 heteroatoms. The summed E-state index contributed by atoms with van der Waals surface area (Å²) in [5, 5.41) is 15.5. The van der Waals surface area contributed by atoms with Gasteiger partial charge in [-0.05, 0) is 35.4 Å². The highest BCUT2D eigenvalue weighted by molar-refractivity contribution is 7.13. The van der Waals surface area contributed by atoms with E-state index in [4.69, 9.17) is 4.52 Å².